The summed E-state index contributed by atoms with van der Waals surface area (Å²) in [5.41, 5.74) is 2.82. The zero-order chi connectivity index (χ0) is 17.9. The summed E-state index contributed by atoms with van der Waals surface area (Å²) in [4.78, 5) is 17.2. The molecule has 1 aliphatic rings. The van der Waals surface area contributed by atoms with E-state index in [0.29, 0.717) is 0 Å². The van der Waals surface area contributed by atoms with E-state index in [1.54, 1.807) is 18.3 Å². The van der Waals surface area contributed by atoms with Crippen molar-refractivity contribution in [3.05, 3.63) is 102 Å². The van der Waals surface area contributed by atoms with E-state index in [2.05, 4.69) is 10.3 Å². The highest BCUT2D eigenvalue weighted by Crippen LogP contribution is 2.47. The number of pyridine rings is 1. The van der Waals surface area contributed by atoms with Gasteiger partial charge in [0.15, 0.2) is 0 Å². The maximum Gasteiger partial charge on any atom is 0.224 e. The third-order valence-corrected chi connectivity index (χ3v) is 4.83. The van der Waals surface area contributed by atoms with Crippen LogP contribution in [0.1, 0.15) is 35.2 Å². The normalized spacial score (nSPS) is 19.6. The van der Waals surface area contributed by atoms with E-state index in [0.717, 1.165) is 23.2 Å². The number of aromatic nitrogens is 1. The van der Waals surface area contributed by atoms with Crippen molar-refractivity contribution in [2.24, 2.45) is 5.92 Å². The minimum atomic E-state index is -0.278. The van der Waals surface area contributed by atoms with Gasteiger partial charge in [-0.15, -0.1) is 0 Å². The summed E-state index contributed by atoms with van der Waals surface area (Å²) < 4.78 is 13.1. The first-order valence-electron chi connectivity index (χ1n) is 8.74. The van der Waals surface area contributed by atoms with Crippen LogP contribution in [-0.2, 0) is 4.79 Å². The van der Waals surface area contributed by atoms with Crippen LogP contribution in [0.25, 0.3) is 0 Å². The van der Waals surface area contributed by atoms with Gasteiger partial charge in [-0.2, -0.15) is 0 Å². The van der Waals surface area contributed by atoms with Crippen molar-refractivity contribution in [1.82, 2.24) is 10.3 Å². The summed E-state index contributed by atoms with van der Waals surface area (Å²) in [6, 6.07) is 21.7. The number of amides is 1. The third-order valence-electron chi connectivity index (χ3n) is 4.83. The molecular weight excluding hydrogens is 327 g/mol. The Morgan fingerprint density at radius 2 is 1.73 bits per heavy atom. The smallest absolute Gasteiger partial charge is 0.224 e. The number of rotatable bonds is 5. The molecule has 26 heavy (non-hydrogen) atoms. The molecule has 1 fully saturated rings. The van der Waals surface area contributed by atoms with Crippen molar-refractivity contribution in [1.29, 1.82) is 0 Å². The van der Waals surface area contributed by atoms with Gasteiger partial charge in [0.05, 0.1) is 11.7 Å². The molecule has 1 N–H and O–H groups in total. The highest BCUT2D eigenvalue weighted by atomic mass is 19.1. The SMILES string of the molecule is O=C(N[C@@H](c1ccccc1)c1ccccn1)[C@H]1C[C@@H]1c1ccc(F)cc1. The highest BCUT2D eigenvalue weighted by molar-refractivity contribution is 5.83. The standard InChI is InChI=1S/C22H19FN2O/c23-17-11-9-15(10-12-17)18-14-19(18)22(26)25-21(16-6-2-1-3-7-16)20-8-4-5-13-24-20/h1-13,18-19,21H,14H2,(H,25,26)/t18-,19+,21+/m1/s1. The van der Waals surface area contributed by atoms with Crippen molar-refractivity contribution in [2.45, 2.75) is 18.4 Å². The first kappa shape index (κ1) is 16.5. The molecule has 130 valence electrons. The lowest BCUT2D eigenvalue weighted by Gasteiger charge is -2.19. The van der Waals surface area contributed by atoms with Crippen molar-refractivity contribution in [3.63, 3.8) is 0 Å². The number of hydrogen-bond acceptors (Lipinski definition) is 2. The fourth-order valence-electron chi connectivity index (χ4n) is 3.33. The molecule has 0 radical (unpaired) electrons. The van der Waals surface area contributed by atoms with Gasteiger partial charge in [-0.05, 0) is 47.7 Å². The number of benzene rings is 2. The molecule has 0 aliphatic heterocycles. The van der Waals surface area contributed by atoms with E-state index >= 15 is 0 Å². The van der Waals surface area contributed by atoms with E-state index in [1.807, 2.05) is 48.5 Å². The third kappa shape index (κ3) is 3.49. The maximum absolute atomic E-state index is 13.1. The number of carbonyl (C=O) groups excluding carboxylic acids is 1. The number of halogens is 1. The fourth-order valence-corrected chi connectivity index (χ4v) is 3.33. The summed E-state index contributed by atoms with van der Waals surface area (Å²) >= 11 is 0. The molecule has 3 nitrogen and oxygen atoms in total. The quantitative estimate of drug-likeness (QED) is 0.751. The van der Waals surface area contributed by atoms with Crippen LogP contribution in [0.5, 0.6) is 0 Å². The first-order chi connectivity index (χ1) is 12.7. The van der Waals surface area contributed by atoms with E-state index in [9.17, 15) is 9.18 Å². The lowest BCUT2D eigenvalue weighted by atomic mass is 10.0. The molecule has 1 aromatic heterocycles. The van der Waals surface area contributed by atoms with Crippen molar-refractivity contribution < 1.29 is 9.18 Å². The number of nitrogens with one attached hydrogen (secondary N) is 1. The summed E-state index contributed by atoms with van der Waals surface area (Å²) in [6.45, 7) is 0. The second-order valence-corrected chi connectivity index (χ2v) is 6.61. The fraction of sp³-hybridized carbons (Fsp3) is 0.182. The van der Waals surface area contributed by atoms with Crippen LogP contribution in [-0.4, -0.2) is 10.9 Å². The molecule has 1 saturated carbocycles. The van der Waals surface area contributed by atoms with Crippen LogP contribution in [0, 0.1) is 11.7 Å². The molecular formula is C22H19FN2O. The molecule has 1 aliphatic carbocycles. The molecule has 3 aromatic rings. The molecule has 1 amide bonds. The molecule has 1 heterocycles. The van der Waals surface area contributed by atoms with Crippen LogP contribution in [0.4, 0.5) is 4.39 Å². The number of hydrogen-bond donors (Lipinski definition) is 1. The van der Waals surface area contributed by atoms with Crippen molar-refractivity contribution in [3.8, 4) is 0 Å². The molecule has 0 spiro atoms. The zero-order valence-corrected chi connectivity index (χ0v) is 14.2. The Labute approximate surface area is 151 Å². The largest absolute Gasteiger partial charge is 0.343 e. The van der Waals surface area contributed by atoms with Gasteiger partial charge in [0.25, 0.3) is 0 Å². The van der Waals surface area contributed by atoms with E-state index in [1.165, 1.54) is 12.1 Å². The molecule has 4 rings (SSSR count). The van der Waals surface area contributed by atoms with Crippen LogP contribution in [0.3, 0.4) is 0 Å². The predicted molar refractivity (Wildman–Crippen MR) is 97.9 cm³/mol. The van der Waals surface area contributed by atoms with E-state index < -0.39 is 0 Å². The lowest BCUT2D eigenvalue weighted by molar-refractivity contribution is -0.122. The topological polar surface area (TPSA) is 42.0 Å². The van der Waals surface area contributed by atoms with Crippen LogP contribution in [0.15, 0.2) is 79.0 Å². The van der Waals surface area contributed by atoms with Gasteiger partial charge >= 0.3 is 0 Å². The first-order valence-corrected chi connectivity index (χ1v) is 8.74. The summed E-state index contributed by atoms with van der Waals surface area (Å²) in [7, 11) is 0. The number of nitrogens with zero attached hydrogens (tertiary/aromatic N) is 1. The Bertz CT molecular complexity index is 842. The van der Waals surface area contributed by atoms with Gasteiger partial charge in [-0.1, -0.05) is 48.5 Å². The summed E-state index contributed by atoms with van der Waals surface area (Å²) in [5.74, 6) is -0.153. The number of carbonyl (C=O) groups is 1. The Balaban J connectivity index is 1.51. The van der Waals surface area contributed by atoms with Crippen LogP contribution in [0.2, 0.25) is 0 Å². The van der Waals surface area contributed by atoms with Gasteiger partial charge in [0.1, 0.15) is 5.82 Å². The Morgan fingerprint density at radius 1 is 1.00 bits per heavy atom. The summed E-state index contributed by atoms with van der Waals surface area (Å²) in [5, 5.41) is 3.15. The zero-order valence-electron chi connectivity index (χ0n) is 14.2. The average molecular weight is 346 g/mol. The second kappa shape index (κ2) is 7.08. The van der Waals surface area contributed by atoms with E-state index in [4.69, 9.17) is 0 Å². The highest BCUT2D eigenvalue weighted by Gasteiger charge is 2.44. The Kier molecular flexibility index (Phi) is 4.48. The molecule has 4 heteroatoms. The lowest BCUT2D eigenvalue weighted by Crippen LogP contribution is -2.31. The van der Waals surface area contributed by atoms with E-state index in [-0.39, 0.29) is 29.6 Å². The Hall–Kier alpha value is -3.01. The second-order valence-electron chi connectivity index (χ2n) is 6.61. The summed E-state index contributed by atoms with van der Waals surface area (Å²) in [6.07, 6.45) is 2.52. The molecule has 0 unspecified atom stereocenters. The van der Waals surface area contributed by atoms with Crippen molar-refractivity contribution >= 4 is 5.91 Å². The van der Waals surface area contributed by atoms with Gasteiger partial charge in [0.2, 0.25) is 5.91 Å². The van der Waals surface area contributed by atoms with Gasteiger partial charge in [-0.25, -0.2) is 4.39 Å². The van der Waals surface area contributed by atoms with Crippen LogP contribution >= 0.6 is 0 Å². The molecule has 3 atom stereocenters. The maximum atomic E-state index is 13.1. The van der Waals surface area contributed by atoms with Crippen molar-refractivity contribution in [2.75, 3.05) is 0 Å². The molecule has 2 aromatic carbocycles. The van der Waals surface area contributed by atoms with Gasteiger partial charge in [0, 0.05) is 12.1 Å². The minimum absolute atomic E-state index is 0.0128. The minimum Gasteiger partial charge on any atom is -0.343 e. The van der Waals surface area contributed by atoms with Gasteiger partial charge < -0.3 is 5.32 Å². The monoisotopic (exact) mass is 346 g/mol. The molecule has 0 bridgehead atoms. The average Bonchev–Trinajstić information content (AvgIpc) is 3.49. The van der Waals surface area contributed by atoms with Crippen LogP contribution < -0.4 is 5.32 Å². The van der Waals surface area contributed by atoms with Gasteiger partial charge in [-0.3, -0.25) is 9.78 Å². The predicted octanol–water partition coefficient (Wildman–Crippen LogP) is 4.23. The molecule has 0 saturated heterocycles. The Morgan fingerprint density at radius 3 is 2.42 bits per heavy atom.